The standard InChI is InChI=1S/C20H17N3O2S2/c1-23(10-19-22-16-7-3-5-9-18(16)27-19)20(24)15-6-2-4-8-17(15)25-11-14-12-26-13-21-14/h2-9,12-13H,10-11H2,1H3. The Kier molecular flexibility index (Phi) is 5.13. The van der Waals surface area contributed by atoms with Crippen molar-refractivity contribution in [1.82, 2.24) is 14.9 Å². The number of thiazole rings is 2. The van der Waals surface area contributed by atoms with E-state index in [4.69, 9.17) is 4.74 Å². The number of carbonyl (C=O) groups is 1. The summed E-state index contributed by atoms with van der Waals surface area (Å²) in [5, 5.41) is 2.84. The smallest absolute Gasteiger partial charge is 0.257 e. The van der Waals surface area contributed by atoms with Crippen LogP contribution in [-0.4, -0.2) is 27.8 Å². The van der Waals surface area contributed by atoms with Gasteiger partial charge in [-0.3, -0.25) is 4.79 Å². The van der Waals surface area contributed by atoms with Crippen molar-refractivity contribution in [3.05, 3.63) is 75.7 Å². The maximum Gasteiger partial charge on any atom is 0.257 e. The minimum absolute atomic E-state index is 0.0943. The van der Waals surface area contributed by atoms with Crippen LogP contribution in [0.2, 0.25) is 0 Å². The number of carbonyl (C=O) groups excluding carboxylic acids is 1. The van der Waals surface area contributed by atoms with E-state index >= 15 is 0 Å². The summed E-state index contributed by atoms with van der Waals surface area (Å²) >= 11 is 3.13. The van der Waals surface area contributed by atoms with Crippen molar-refractivity contribution in [2.24, 2.45) is 0 Å². The Labute approximate surface area is 164 Å². The number of amides is 1. The minimum Gasteiger partial charge on any atom is -0.486 e. The summed E-state index contributed by atoms with van der Waals surface area (Å²) in [6.07, 6.45) is 0. The van der Waals surface area contributed by atoms with Gasteiger partial charge >= 0.3 is 0 Å². The molecule has 0 aliphatic heterocycles. The number of aromatic nitrogens is 2. The molecule has 0 saturated carbocycles. The average Bonchev–Trinajstić information content (AvgIpc) is 3.35. The van der Waals surface area contributed by atoms with Crippen LogP contribution in [0.4, 0.5) is 0 Å². The highest BCUT2D eigenvalue weighted by atomic mass is 32.1. The van der Waals surface area contributed by atoms with E-state index in [2.05, 4.69) is 9.97 Å². The predicted octanol–water partition coefficient (Wildman–Crippen LogP) is 4.60. The predicted molar refractivity (Wildman–Crippen MR) is 108 cm³/mol. The lowest BCUT2D eigenvalue weighted by atomic mass is 10.2. The second-order valence-corrected chi connectivity index (χ2v) is 7.84. The molecule has 7 heteroatoms. The first-order valence-corrected chi connectivity index (χ1v) is 10.2. The van der Waals surface area contributed by atoms with E-state index in [1.165, 1.54) is 11.3 Å². The van der Waals surface area contributed by atoms with Crippen LogP contribution in [0.15, 0.2) is 59.4 Å². The number of rotatable bonds is 6. The molecule has 0 spiro atoms. The van der Waals surface area contributed by atoms with Gasteiger partial charge in [-0.15, -0.1) is 22.7 Å². The summed E-state index contributed by atoms with van der Waals surface area (Å²) in [5.74, 6) is 0.467. The van der Waals surface area contributed by atoms with Crippen molar-refractivity contribution in [2.75, 3.05) is 7.05 Å². The van der Waals surface area contributed by atoms with Gasteiger partial charge in [-0.05, 0) is 24.3 Å². The van der Waals surface area contributed by atoms with E-state index in [1.807, 2.05) is 47.8 Å². The maximum absolute atomic E-state index is 13.0. The first-order chi connectivity index (χ1) is 13.2. The van der Waals surface area contributed by atoms with Crippen LogP contribution >= 0.6 is 22.7 Å². The summed E-state index contributed by atoms with van der Waals surface area (Å²) < 4.78 is 6.96. The zero-order valence-corrected chi connectivity index (χ0v) is 16.3. The Hall–Kier alpha value is -2.77. The highest BCUT2D eigenvalue weighted by molar-refractivity contribution is 7.18. The highest BCUT2D eigenvalue weighted by Crippen LogP contribution is 2.25. The quantitative estimate of drug-likeness (QED) is 0.479. The zero-order valence-electron chi connectivity index (χ0n) is 14.7. The molecule has 0 bridgehead atoms. The van der Waals surface area contributed by atoms with Crippen LogP contribution in [0, 0.1) is 0 Å². The lowest BCUT2D eigenvalue weighted by molar-refractivity contribution is 0.0780. The molecule has 0 atom stereocenters. The summed E-state index contributed by atoms with van der Waals surface area (Å²) in [6.45, 7) is 0.800. The van der Waals surface area contributed by atoms with Crippen LogP contribution in [0.25, 0.3) is 10.2 Å². The maximum atomic E-state index is 13.0. The van der Waals surface area contributed by atoms with Gasteiger partial charge in [0.05, 0.1) is 33.5 Å². The number of hydrogen-bond acceptors (Lipinski definition) is 6. The molecule has 0 saturated heterocycles. The van der Waals surface area contributed by atoms with Gasteiger partial charge in [0.2, 0.25) is 0 Å². The molecule has 0 fully saturated rings. The SMILES string of the molecule is CN(Cc1nc2ccccc2s1)C(=O)c1ccccc1OCc1cscn1. The molecule has 4 aromatic rings. The van der Waals surface area contributed by atoms with E-state index in [0.717, 1.165) is 20.9 Å². The average molecular weight is 396 g/mol. The fourth-order valence-electron chi connectivity index (χ4n) is 2.70. The Morgan fingerprint density at radius 1 is 1.15 bits per heavy atom. The molecule has 0 aliphatic carbocycles. The summed E-state index contributed by atoms with van der Waals surface area (Å²) in [7, 11) is 1.78. The molecule has 5 nitrogen and oxygen atoms in total. The fourth-order valence-corrected chi connectivity index (χ4v) is 4.26. The summed E-state index contributed by atoms with van der Waals surface area (Å²) in [6, 6.07) is 15.3. The Balaban J connectivity index is 1.49. The van der Waals surface area contributed by atoms with Gasteiger partial charge in [-0.2, -0.15) is 0 Å². The minimum atomic E-state index is -0.0943. The lowest BCUT2D eigenvalue weighted by Gasteiger charge is -2.18. The van der Waals surface area contributed by atoms with Crippen LogP contribution in [-0.2, 0) is 13.2 Å². The van der Waals surface area contributed by atoms with Crippen molar-refractivity contribution in [1.29, 1.82) is 0 Å². The number of nitrogens with zero attached hydrogens (tertiary/aromatic N) is 3. The van der Waals surface area contributed by atoms with E-state index in [9.17, 15) is 4.79 Å². The summed E-state index contributed by atoms with van der Waals surface area (Å²) in [4.78, 5) is 23.4. The topological polar surface area (TPSA) is 55.3 Å². The Morgan fingerprint density at radius 3 is 2.78 bits per heavy atom. The molecule has 0 unspecified atom stereocenters. The monoisotopic (exact) mass is 395 g/mol. The van der Waals surface area contributed by atoms with Crippen LogP contribution in [0.3, 0.4) is 0 Å². The summed E-state index contributed by atoms with van der Waals surface area (Å²) in [5.41, 5.74) is 4.12. The number of para-hydroxylation sites is 2. The molecule has 136 valence electrons. The molecule has 2 aromatic carbocycles. The van der Waals surface area contributed by atoms with Gasteiger partial charge in [0, 0.05) is 12.4 Å². The van der Waals surface area contributed by atoms with Gasteiger partial charge < -0.3 is 9.64 Å². The van der Waals surface area contributed by atoms with Gasteiger partial charge in [0.25, 0.3) is 5.91 Å². The molecular formula is C20H17N3O2S2. The van der Waals surface area contributed by atoms with E-state index in [0.29, 0.717) is 24.5 Å². The molecular weight excluding hydrogens is 378 g/mol. The van der Waals surface area contributed by atoms with Crippen molar-refractivity contribution in [3.63, 3.8) is 0 Å². The van der Waals surface area contributed by atoms with Gasteiger partial charge in [-0.25, -0.2) is 9.97 Å². The first kappa shape index (κ1) is 17.6. The fraction of sp³-hybridized carbons (Fsp3) is 0.150. The van der Waals surface area contributed by atoms with Crippen molar-refractivity contribution >= 4 is 38.8 Å². The van der Waals surface area contributed by atoms with Gasteiger partial charge in [-0.1, -0.05) is 24.3 Å². The Bertz CT molecular complexity index is 1030. The van der Waals surface area contributed by atoms with Crippen molar-refractivity contribution in [2.45, 2.75) is 13.2 Å². The molecule has 4 rings (SSSR count). The molecule has 1 amide bonds. The van der Waals surface area contributed by atoms with Crippen LogP contribution in [0.1, 0.15) is 21.1 Å². The normalized spacial score (nSPS) is 10.9. The molecule has 0 radical (unpaired) electrons. The molecule has 0 N–H and O–H groups in total. The second kappa shape index (κ2) is 7.85. The van der Waals surface area contributed by atoms with Crippen LogP contribution < -0.4 is 4.74 Å². The first-order valence-electron chi connectivity index (χ1n) is 8.39. The third-order valence-corrected chi connectivity index (χ3v) is 5.69. The lowest BCUT2D eigenvalue weighted by Crippen LogP contribution is -2.26. The second-order valence-electron chi connectivity index (χ2n) is 6.00. The van der Waals surface area contributed by atoms with E-state index in [1.54, 1.807) is 34.9 Å². The third kappa shape index (κ3) is 3.99. The zero-order chi connectivity index (χ0) is 18.6. The van der Waals surface area contributed by atoms with Crippen molar-refractivity contribution in [3.8, 4) is 5.75 Å². The van der Waals surface area contributed by atoms with Gasteiger partial charge in [0.1, 0.15) is 17.4 Å². The highest BCUT2D eigenvalue weighted by Gasteiger charge is 2.18. The molecule has 2 aromatic heterocycles. The van der Waals surface area contributed by atoms with E-state index < -0.39 is 0 Å². The van der Waals surface area contributed by atoms with Crippen LogP contribution in [0.5, 0.6) is 5.75 Å². The number of hydrogen-bond donors (Lipinski definition) is 0. The van der Waals surface area contributed by atoms with E-state index in [-0.39, 0.29) is 5.91 Å². The largest absolute Gasteiger partial charge is 0.486 e. The number of ether oxygens (including phenoxy) is 1. The molecule has 27 heavy (non-hydrogen) atoms. The van der Waals surface area contributed by atoms with Crippen molar-refractivity contribution < 1.29 is 9.53 Å². The number of fused-ring (bicyclic) bond motifs is 1. The Morgan fingerprint density at radius 2 is 1.96 bits per heavy atom. The van der Waals surface area contributed by atoms with Gasteiger partial charge in [0.15, 0.2) is 0 Å². The molecule has 2 heterocycles. The molecule has 0 aliphatic rings. The number of benzene rings is 2. The third-order valence-electron chi connectivity index (χ3n) is 4.03.